The van der Waals surface area contributed by atoms with Crippen LogP contribution in [-0.2, 0) is 17.8 Å². The van der Waals surface area contributed by atoms with Gasteiger partial charge in [-0.25, -0.2) is 0 Å². The van der Waals surface area contributed by atoms with Crippen molar-refractivity contribution in [2.75, 3.05) is 10.6 Å². The van der Waals surface area contributed by atoms with E-state index in [4.69, 9.17) is 0 Å². The zero-order valence-electron chi connectivity index (χ0n) is 14.9. The summed E-state index contributed by atoms with van der Waals surface area (Å²) < 4.78 is 2.00. The van der Waals surface area contributed by atoms with Crippen LogP contribution in [-0.4, -0.2) is 16.4 Å². The molecule has 0 unspecified atom stereocenters. The summed E-state index contributed by atoms with van der Waals surface area (Å²) in [6, 6.07) is 12.4. The first kappa shape index (κ1) is 17.0. The van der Waals surface area contributed by atoms with Crippen LogP contribution in [0.4, 0.5) is 11.4 Å². The standard InChI is InChI=1S/C21H19N3O3/c1-13(25)22-15-7-9-16(10-8-15)23-21(27)18-12-24-11-3-5-14-4-2-6-17(19(14)24)20(18)26/h2,4,6-10,12H,3,5,11H2,1H3,(H,22,25)(H,23,27). The number of hydrogen-bond acceptors (Lipinski definition) is 3. The van der Waals surface area contributed by atoms with Crippen molar-refractivity contribution in [1.29, 1.82) is 0 Å². The van der Waals surface area contributed by atoms with Crippen molar-refractivity contribution in [3.8, 4) is 0 Å². The molecule has 1 aliphatic rings. The van der Waals surface area contributed by atoms with Crippen molar-refractivity contribution in [3.05, 3.63) is 70.0 Å². The number of nitrogens with one attached hydrogen (secondary N) is 2. The fraction of sp³-hybridized carbons (Fsp3) is 0.190. The highest BCUT2D eigenvalue weighted by atomic mass is 16.2. The van der Waals surface area contributed by atoms with Gasteiger partial charge in [0.2, 0.25) is 11.3 Å². The van der Waals surface area contributed by atoms with Crippen LogP contribution >= 0.6 is 0 Å². The van der Waals surface area contributed by atoms with Crippen LogP contribution in [0.25, 0.3) is 10.9 Å². The van der Waals surface area contributed by atoms with Gasteiger partial charge in [0.05, 0.1) is 5.52 Å². The van der Waals surface area contributed by atoms with Crippen LogP contribution in [0, 0.1) is 0 Å². The Labute approximate surface area is 155 Å². The summed E-state index contributed by atoms with van der Waals surface area (Å²) in [7, 11) is 0. The van der Waals surface area contributed by atoms with Gasteiger partial charge in [0, 0.05) is 36.4 Å². The van der Waals surface area contributed by atoms with E-state index in [1.165, 1.54) is 6.92 Å². The van der Waals surface area contributed by atoms with Gasteiger partial charge in [0.1, 0.15) is 5.56 Å². The van der Waals surface area contributed by atoms with E-state index in [0.29, 0.717) is 16.8 Å². The third-order valence-electron chi connectivity index (χ3n) is 4.73. The number of aryl methyl sites for hydroxylation is 2. The molecule has 0 aliphatic carbocycles. The van der Waals surface area contributed by atoms with E-state index in [2.05, 4.69) is 10.6 Å². The van der Waals surface area contributed by atoms with Gasteiger partial charge in [-0.05, 0) is 48.7 Å². The zero-order chi connectivity index (χ0) is 19.0. The number of pyridine rings is 1. The summed E-state index contributed by atoms with van der Waals surface area (Å²) >= 11 is 0. The highest BCUT2D eigenvalue weighted by Crippen LogP contribution is 2.23. The van der Waals surface area contributed by atoms with E-state index in [0.717, 1.165) is 30.5 Å². The van der Waals surface area contributed by atoms with Crippen molar-refractivity contribution in [2.24, 2.45) is 0 Å². The third-order valence-corrected chi connectivity index (χ3v) is 4.73. The summed E-state index contributed by atoms with van der Waals surface area (Å²) in [5.41, 5.74) is 3.16. The van der Waals surface area contributed by atoms with E-state index in [-0.39, 0.29) is 16.9 Å². The molecule has 0 saturated carbocycles. The average Bonchev–Trinajstić information content (AvgIpc) is 2.65. The Bertz CT molecular complexity index is 1110. The van der Waals surface area contributed by atoms with Crippen LogP contribution in [0.2, 0.25) is 0 Å². The lowest BCUT2D eigenvalue weighted by molar-refractivity contribution is -0.114. The van der Waals surface area contributed by atoms with Crippen LogP contribution < -0.4 is 16.1 Å². The van der Waals surface area contributed by atoms with Crippen molar-refractivity contribution in [2.45, 2.75) is 26.3 Å². The van der Waals surface area contributed by atoms with Gasteiger partial charge in [0.15, 0.2) is 0 Å². The molecule has 136 valence electrons. The van der Waals surface area contributed by atoms with Gasteiger partial charge < -0.3 is 15.2 Å². The predicted octanol–water partition coefficient (Wildman–Crippen LogP) is 3.16. The van der Waals surface area contributed by atoms with Gasteiger partial charge in [0.25, 0.3) is 5.91 Å². The Hall–Kier alpha value is -3.41. The quantitative estimate of drug-likeness (QED) is 0.752. The highest BCUT2D eigenvalue weighted by Gasteiger charge is 2.19. The fourth-order valence-electron chi connectivity index (χ4n) is 3.56. The van der Waals surface area contributed by atoms with Crippen LogP contribution in [0.15, 0.2) is 53.5 Å². The summed E-state index contributed by atoms with van der Waals surface area (Å²) in [6.07, 6.45) is 3.60. The molecule has 0 bridgehead atoms. The van der Waals surface area contributed by atoms with Gasteiger partial charge in [-0.3, -0.25) is 14.4 Å². The Morgan fingerprint density at radius 3 is 2.41 bits per heavy atom. The van der Waals surface area contributed by atoms with Crippen LogP contribution in [0.1, 0.15) is 29.3 Å². The number of benzene rings is 2. The van der Waals surface area contributed by atoms with E-state index >= 15 is 0 Å². The highest BCUT2D eigenvalue weighted by molar-refractivity contribution is 6.06. The molecule has 0 spiro atoms. The maximum atomic E-state index is 12.9. The summed E-state index contributed by atoms with van der Waals surface area (Å²) in [5.74, 6) is -0.599. The minimum absolute atomic E-state index is 0.132. The Morgan fingerprint density at radius 2 is 1.70 bits per heavy atom. The van der Waals surface area contributed by atoms with Crippen molar-refractivity contribution in [3.63, 3.8) is 0 Å². The first-order valence-corrected chi connectivity index (χ1v) is 8.87. The van der Waals surface area contributed by atoms with Crippen LogP contribution in [0.5, 0.6) is 0 Å². The molecular weight excluding hydrogens is 342 g/mol. The molecule has 0 radical (unpaired) electrons. The molecule has 3 aromatic rings. The maximum absolute atomic E-state index is 12.9. The van der Waals surface area contributed by atoms with E-state index in [1.54, 1.807) is 36.5 Å². The number of hydrogen-bond donors (Lipinski definition) is 2. The molecule has 2 N–H and O–H groups in total. The lowest BCUT2D eigenvalue weighted by Gasteiger charge is -2.20. The molecule has 0 saturated heterocycles. The lowest BCUT2D eigenvalue weighted by atomic mass is 9.99. The molecule has 6 heteroatoms. The van der Waals surface area contributed by atoms with Gasteiger partial charge >= 0.3 is 0 Å². The fourth-order valence-corrected chi connectivity index (χ4v) is 3.56. The molecule has 1 aliphatic heterocycles. The largest absolute Gasteiger partial charge is 0.346 e. The predicted molar refractivity (Wildman–Crippen MR) is 105 cm³/mol. The molecule has 0 fully saturated rings. The monoisotopic (exact) mass is 361 g/mol. The Morgan fingerprint density at radius 1 is 1.00 bits per heavy atom. The first-order valence-electron chi connectivity index (χ1n) is 8.87. The number of carbonyl (C=O) groups excluding carboxylic acids is 2. The Balaban J connectivity index is 1.66. The number of rotatable bonds is 3. The minimum atomic E-state index is -0.436. The van der Waals surface area contributed by atoms with Gasteiger partial charge in [-0.2, -0.15) is 0 Å². The molecular formula is C21H19N3O3. The lowest BCUT2D eigenvalue weighted by Crippen LogP contribution is -2.25. The van der Waals surface area contributed by atoms with E-state index in [1.807, 2.05) is 16.7 Å². The number of anilines is 2. The van der Waals surface area contributed by atoms with E-state index < -0.39 is 5.91 Å². The first-order chi connectivity index (χ1) is 13.0. The molecule has 2 heterocycles. The summed E-state index contributed by atoms with van der Waals surface area (Å²) in [4.78, 5) is 36.7. The second-order valence-electron chi connectivity index (χ2n) is 6.69. The average molecular weight is 361 g/mol. The SMILES string of the molecule is CC(=O)Nc1ccc(NC(=O)c2cn3c4c(cccc4c2=O)CCC3)cc1. The third kappa shape index (κ3) is 3.21. The summed E-state index contributed by atoms with van der Waals surface area (Å²) in [6.45, 7) is 2.22. The number of para-hydroxylation sites is 1. The molecule has 2 aromatic carbocycles. The van der Waals surface area contributed by atoms with Gasteiger partial charge in [-0.15, -0.1) is 0 Å². The number of aromatic nitrogens is 1. The minimum Gasteiger partial charge on any atom is -0.346 e. The Kier molecular flexibility index (Phi) is 4.24. The zero-order valence-corrected chi connectivity index (χ0v) is 14.9. The molecule has 2 amide bonds. The smallest absolute Gasteiger partial charge is 0.261 e. The molecule has 1 aromatic heterocycles. The number of amides is 2. The van der Waals surface area contributed by atoms with E-state index in [9.17, 15) is 14.4 Å². The summed E-state index contributed by atoms with van der Waals surface area (Å²) in [5, 5.41) is 6.02. The second-order valence-corrected chi connectivity index (χ2v) is 6.69. The maximum Gasteiger partial charge on any atom is 0.261 e. The van der Waals surface area contributed by atoms with Crippen molar-refractivity contribution < 1.29 is 9.59 Å². The topological polar surface area (TPSA) is 80.2 Å². The van der Waals surface area contributed by atoms with Crippen molar-refractivity contribution in [1.82, 2.24) is 4.57 Å². The normalized spacial score (nSPS) is 12.6. The number of carbonyl (C=O) groups is 2. The number of nitrogens with zero attached hydrogens (tertiary/aromatic N) is 1. The second kappa shape index (κ2) is 6.72. The molecule has 27 heavy (non-hydrogen) atoms. The molecule has 6 nitrogen and oxygen atoms in total. The van der Waals surface area contributed by atoms with Crippen LogP contribution in [0.3, 0.4) is 0 Å². The van der Waals surface area contributed by atoms with Gasteiger partial charge in [-0.1, -0.05) is 12.1 Å². The molecule has 0 atom stereocenters. The molecule has 4 rings (SSSR count). The van der Waals surface area contributed by atoms with Crippen molar-refractivity contribution >= 4 is 34.1 Å².